The summed E-state index contributed by atoms with van der Waals surface area (Å²) in [5.41, 5.74) is 4.84. The molecule has 0 aliphatic carbocycles. The van der Waals surface area contributed by atoms with E-state index in [1.54, 1.807) is 11.8 Å². The standard InChI is InChI=1S/C19H17Cl2NOS/c1-12-19(18(23)10-20)16-8-3-13(11-24-2)9-17(16)22(12)15-6-4-14(21)5-7-15/h3-9H,10-11H2,1-2H3. The van der Waals surface area contributed by atoms with E-state index in [9.17, 15) is 4.79 Å². The van der Waals surface area contributed by atoms with Gasteiger partial charge in [-0.3, -0.25) is 4.79 Å². The Balaban J connectivity index is 2.32. The summed E-state index contributed by atoms with van der Waals surface area (Å²) in [6.07, 6.45) is 2.08. The molecule has 1 heterocycles. The van der Waals surface area contributed by atoms with Crippen molar-refractivity contribution in [2.75, 3.05) is 12.1 Å². The normalized spacial score (nSPS) is 11.2. The van der Waals surface area contributed by atoms with Gasteiger partial charge in [-0.05, 0) is 49.1 Å². The molecule has 2 aromatic carbocycles. The van der Waals surface area contributed by atoms with E-state index in [4.69, 9.17) is 23.2 Å². The number of hydrogen-bond acceptors (Lipinski definition) is 2. The fourth-order valence-corrected chi connectivity index (χ4v) is 3.83. The van der Waals surface area contributed by atoms with Gasteiger partial charge >= 0.3 is 0 Å². The first kappa shape index (κ1) is 17.4. The van der Waals surface area contributed by atoms with Gasteiger partial charge in [0.1, 0.15) is 0 Å². The third-order valence-corrected chi connectivity index (χ3v) is 5.18. The number of rotatable bonds is 5. The van der Waals surface area contributed by atoms with Crippen LogP contribution in [0.4, 0.5) is 0 Å². The average Bonchev–Trinajstić information content (AvgIpc) is 2.87. The molecule has 0 unspecified atom stereocenters. The summed E-state index contributed by atoms with van der Waals surface area (Å²) in [7, 11) is 0. The summed E-state index contributed by atoms with van der Waals surface area (Å²) < 4.78 is 2.11. The summed E-state index contributed by atoms with van der Waals surface area (Å²) in [6, 6.07) is 13.9. The lowest BCUT2D eigenvalue weighted by molar-refractivity contribution is 0.102. The summed E-state index contributed by atoms with van der Waals surface area (Å²) in [5, 5.41) is 1.63. The van der Waals surface area contributed by atoms with E-state index in [1.807, 2.05) is 37.3 Å². The second-order valence-corrected chi connectivity index (χ2v) is 7.18. The van der Waals surface area contributed by atoms with E-state index in [0.29, 0.717) is 10.6 Å². The molecule has 0 radical (unpaired) electrons. The summed E-state index contributed by atoms with van der Waals surface area (Å²) in [4.78, 5) is 12.4. The van der Waals surface area contributed by atoms with Gasteiger partial charge in [-0.15, -0.1) is 11.6 Å². The highest BCUT2D eigenvalue weighted by Crippen LogP contribution is 2.31. The van der Waals surface area contributed by atoms with Crippen molar-refractivity contribution < 1.29 is 4.79 Å². The van der Waals surface area contributed by atoms with Crippen molar-refractivity contribution in [3.63, 3.8) is 0 Å². The molecular formula is C19H17Cl2NOS. The van der Waals surface area contributed by atoms with Crippen molar-refractivity contribution >= 4 is 51.6 Å². The van der Waals surface area contributed by atoms with E-state index in [0.717, 1.165) is 28.0 Å². The number of alkyl halides is 1. The van der Waals surface area contributed by atoms with Gasteiger partial charge in [-0.25, -0.2) is 0 Å². The van der Waals surface area contributed by atoms with Crippen LogP contribution in [0.5, 0.6) is 0 Å². The van der Waals surface area contributed by atoms with Crippen LogP contribution in [0, 0.1) is 6.92 Å². The maximum atomic E-state index is 12.4. The van der Waals surface area contributed by atoms with Gasteiger partial charge in [0.2, 0.25) is 0 Å². The number of halogens is 2. The van der Waals surface area contributed by atoms with Gasteiger partial charge in [0.05, 0.1) is 11.4 Å². The predicted molar refractivity (Wildman–Crippen MR) is 105 cm³/mol. The molecule has 0 saturated carbocycles. The molecule has 0 amide bonds. The van der Waals surface area contributed by atoms with Crippen molar-refractivity contribution in [1.29, 1.82) is 0 Å². The number of carbonyl (C=O) groups is 1. The number of aromatic nitrogens is 1. The molecule has 3 rings (SSSR count). The van der Waals surface area contributed by atoms with Crippen molar-refractivity contribution in [2.45, 2.75) is 12.7 Å². The van der Waals surface area contributed by atoms with Gasteiger partial charge in [0.25, 0.3) is 0 Å². The summed E-state index contributed by atoms with van der Waals surface area (Å²) in [6.45, 7) is 1.96. The topological polar surface area (TPSA) is 22.0 Å². The molecule has 1 aromatic heterocycles. The van der Waals surface area contributed by atoms with E-state index >= 15 is 0 Å². The molecule has 0 saturated heterocycles. The Hall–Kier alpha value is -1.42. The highest BCUT2D eigenvalue weighted by Gasteiger charge is 2.20. The molecule has 0 aliphatic rings. The van der Waals surface area contributed by atoms with Crippen molar-refractivity contribution in [1.82, 2.24) is 4.57 Å². The first-order valence-electron chi connectivity index (χ1n) is 7.54. The molecule has 0 atom stereocenters. The smallest absolute Gasteiger partial charge is 0.180 e. The Morgan fingerprint density at radius 1 is 1.17 bits per heavy atom. The Bertz CT molecular complexity index is 900. The number of ketones is 1. The van der Waals surface area contributed by atoms with Crippen LogP contribution >= 0.6 is 35.0 Å². The van der Waals surface area contributed by atoms with Gasteiger partial charge in [0.15, 0.2) is 5.78 Å². The maximum absolute atomic E-state index is 12.4. The van der Waals surface area contributed by atoms with Crippen molar-refractivity contribution in [3.8, 4) is 5.69 Å². The van der Waals surface area contributed by atoms with E-state index in [-0.39, 0.29) is 11.7 Å². The largest absolute Gasteiger partial charge is 0.313 e. The van der Waals surface area contributed by atoms with Crippen LogP contribution < -0.4 is 0 Å². The van der Waals surface area contributed by atoms with Crippen LogP contribution in [0.15, 0.2) is 42.5 Å². The van der Waals surface area contributed by atoms with Crippen LogP contribution in [-0.2, 0) is 5.75 Å². The van der Waals surface area contributed by atoms with Crippen LogP contribution in [0.3, 0.4) is 0 Å². The Morgan fingerprint density at radius 2 is 1.88 bits per heavy atom. The monoisotopic (exact) mass is 377 g/mol. The maximum Gasteiger partial charge on any atom is 0.180 e. The molecule has 124 valence electrons. The molecule has 3 aromatic rings. The Labute approximate surface area is 155 Å². The summed E-state index contributed by atoms with van der Waals surface area (Å²) in [5.74, 6) is 0.858. The molecule has 0 N–H and O–H groups in total. The number of Topliss-reactive ketones (excluding diaryl/α,β-unsaturated/α-hetero) is 1. The quantitative estimate of drug-likeness (QED) is 0.409. The molecule has 2 nitrogen and oxygen atoms in total. The van der Waals surface area contributed by atoms with Crippen LogP contribution in [-0.4, -0.2) is 22.5 Å². The first-order valence-corrected chi connectivity index (χ1v) is 9.85. The van der Waals surface area contributed by atoms with Crippen LogP contribution in [0.25, 0.3) is 16.6 Å². The lowest BCUT2D eigenvalue weighted by atomic mass is 10.1. The van der Waals surface area contributed by atoms with E-state index in [2.05, 4.69) is 23.0 Å². The molecule has 0 fully saturated rings. The highest BCUT2D eigenvalue weighted by atomic mass is 35.5. The van der Waals surface area contributed by atoms with Gasteiger partial charge in [0, 0.05) is 33.1 Å². The second-order valence-electron chi connectivity index (χ2n) is 5.61. The van der Waals surface area contributed by atoms with Gasteiger partial charge in [-0.1, -0.05) is 23.7 Å². The van der Waals surface area contributed by atoms with Gasteiger partial charge < -0.3 is 4.57 Å². The number of thioether (sulfide) groups is 1. The minimum atomic E-state index is -0.0514. The lowest BCUT2D eigenvalue weighted by Gasteiger charge is -2.09. The van der Waals surface area contributed by atoms with E-state index in [1.165, 1.54) is 5.56 Å². The third-order valence-electron chi connectivity index (χ3n) is 4.07. The number of carbonyl (C=O) groups excluding carboxylic acids is 1. The Morgan fingerprint density at radius 3 is 2.50 bits per heavy atom. The zero-order chi connectivity index (χ0) is 17.3. The molecule has 0 spiro atoms. The number of hydrogen-bond donors (Lipinski definition) is 0. The lowest BCUT2D eigenvalue weighted by Crippen LogP contribution is -2.03. The highest BCUT2D eigenvalue weighted by molar-refractivity contribution is 7.97. The molecule has 0 bridgehead atoms. The number of fused-ring (bicyclic) bond motifs is 1. The zero-order valence-electron chi connectivity index (χ0n) is 13.5. The van der Waals surface area contributed by atoms with Crippen LogP contribution in [0.2, 0.25) is 5.02 Å². The fraction of sp³-hybridized carbons (Fsp3) is 0.211. The molecular weight excluding hydrogens is 361 g/mol. The molecule has 5 heteroatoms. The molecule has 24 heavy (non-hydrogen) atoms. The fourth-order valence-electron chi connectivity index (χ4n) is 3.06. The van der Waals surface area contributed by atoms with Crippen LogP contribution in [0.1, 0.15) is 21.6 Å². The summed E-state index contributed by atoms with van der Waals surface area (Å²) >= 11 is 13.6. The predicted octanol–water partition coefficient (Wildman–Crippen LogP) is 5.88. The van der Waals surface area contributed by atoms with Crippen molar-refractivity contribution in [2.24, 2.45) is 0 Å². The SMILES string of the molecule is CSCc1ccc2c(C(=O)CCl)c(C)n(-c3ccc(Cl)cc3)c2c1. The minimum Gasteiger partial charge on any atom is -0.313 e. The average molecular weight is 378 g/mol. The third kappa shape index (κ3) is 3.08. The van der Waals surface area contributed by atoms with Gasteiger partial charge in [-0.2, -0.15) is 11.8 Å². The number of benzene rings is 2. The Kier molecular flexibility index (Phi) is 5.24. The zero-order valence-corrected chi connectivity index (χ0v) is 15.8. The second kappa shape index (κ2) is 7.22. The minimum absolute atomic E-state index is 0.0207. The molecule has 0 aliphatic heterocycles. The number of nitrogens with zero attached hydrogens (tertiary/aromatic N) is 1. The van der Waals surface area contributed by atoms with E-state index < -0.39 is 0 Å². The van der Waals surface area contributed by atoms with Crippen molar-refractivity contribution in [3.05, 3.63) is 64.3 Å². The first-order chi connectivity index (χ1) is 11.6.